The normalized spacial score (nSPS) is 15.2. The van der Waals surface area contributed by atoms with E-state index in [1.807, 2.05) is 0 Å². The van der Waals surface area contributed by atoms with Crippen LogP contribution in [0, 0.1) is 11.8 Å². The molecule has 8 atom stereocenters. The summed E-state index contributed by atoms with van der Waals surface area (Å²) in [7, 11) is 1.45. The van der Waals surface area contributed by atoms with Gasteiger partial charge in [-0.3, -0.25) is 62.3 Å². The average molecular weight is 1240 g/mol. The molecule has 1 aliphatic heterocycles. The average Bonchev–Trinajstić information content (AvgIpc) is 3.73. The molecular formula is C57H88N14O17. The topological polar surface area (TPSA) is 483 Å². The lowest BCUT2D eigenvalue weighted by Gasteiger charge is -2.27. The van der Waals surface area contributed by atoms with Gasteiger partial charge in [0.1, 0.15) is 59.2 Å². The Morgan fingerprint density at radius 1 is 0.648 bits per heavy atom. The lowest BCUT2D eigenvalue weighted by molar-refractivity contribution is -0.141. The van der Waals surface area contributed by atoms with E-state index in [2.05, 4.69) is 53.2 Å². The lowest BCUT2D eigenvalue weighted by Crippen LogP contribution is -2.57. The van der Waals surface area contributed by atoms with Crippen LogP contribution < -0.4 is 80.7 Å². The van der Waals surface area contributed by atoms with Crippen molar-refractivity contribution in [1.29, 1.82) is 0 Å². The molecule has 488 valence electrons. The molecule has 31 nitrogen and oxygen atoms in total. The maximum absolute atomic E-state index is 13.9. The summed E-state index contributed by atoms with van der Waals surface area (Å²) in [6, 6.07) is -3.62. The van der Waals surface area contributed by atoms with Gasteiger partial charge < -0.3 is 89.5 Å². The zero-order valence-corrected chi connectivity index (χ0v) is 51.0. The summed E-state index contributed by atoms with van der Waals surface area (Å²) in [5, 5.41) is 34.7. The number of carbonyl (C=O) groups excluding carboxylic acids is 12. The van der Waals surface area contributed by atoms with Gasteiger partial charge in [-0.2, -0.15) is 0 Å². The van der Waals surface area contributed by atoms with Crippen molar-refractivity contribution in [2.75, 3.05) is 46.4 Å². The van der Waals surface area contributed by atoms with E-state index in [1.165, 1.54) is 38.0 Å². The van der Waals surface area contributed by atoms with Crippen LogP contribution in [0.2, 0.25) is 0 Å². The highest BCUT2D eigenvalue weighted by Gasteiger charge is 2.37. The van der Waals surface area contributed by atoms with Crippen molar-refractivity contribution in [2.45, 2.75) is 167 Å². The molecule has 12 amide bonds. The van der Waals surface area contributed by atoms with E-state index in [9.17, 15) is 72.2 Å². The van der Waals surface area contributed by atoms with Crippen LogP contribution in [0.25, 0.3) is 11.0 Å². The van der Waals surface area contributed by atoms with Gasteiger partial charge in [-0.15, -0.1) is 0 Å². The van der Waals surface area contributed by atoms with Gasteiger partial charge in [0.2, 0.25) is 65.0 Å². The number of hydrogen-bond donors (Lipinski definition) is 14. The molecule has 0 bridgehead atoms. The number of methoxy groups -OCH3 is 1. The van der Waals surface area contributed by atoms with E-state index in [1.54, 1.807) is 39.8 Å². The maximum atomic E-state index is 13.9. The third-order valence-corrected chi connectivity index (χ3v) is 14.0. The first kappa shape index (κ1) is 73.5. The molecule has 2 aromatic rings. The fourth-order valence-electron chi connectivity index (χ4n) is 9.15. The molecule has 31 heteroatoms. The number of ether oxygens (including phenoxy) is 1. The molecule has 1 saturated heterocycles. The second kappa shape index (κ2) is 37.1. The van der Waals surface area contributed by atoms with Crippen LogP contribution >= 0.6 is 0 Å². The second-order valence-corrected chi connectivity index (χ2v) is 22.3. The molecule has 1 aromatic carbocycles. The minimum absolute atomic E-state index is 0.0332. The summed E-state index contributed by atoms with van der Waals surface area (Å²) in [6.45, 7) is 8.42. The first-order valence-electron chi connectivity index (χ1n) is 29.3. The van der Waals surface area contributed by atoms with E-state index < -0.39 is 150 Å². The monoisotopic (exact) mass is 1240 g/mol. The van der Waals surface area contributed by atoms with Crippen molar-refractivity contribution in [1.82, 2.24) is 58.1 Å². The molecule has 2 heterocycles. The van der Waals surface area contributed by atoms with E-state index in [0.717, 1.165) is 0 Å². The van der Waals surface area contributed by atoms with E-state index >= 15 is 0 Å². The molecule has 0 saturated carbocycles. The third-order valence-electron chi connectivity index (χ3n) is 14.0. The molecule has 0 aliphatic carbocycles. The molecule has 0 radical (unpaired) electrons. The SMILES string of the molecule is COc1ccc2cc(C(=O)NCCCC[C@H](NC(=O)[C@H](C)NC(=O)CNC(=O)[C@H](CC(C)C)NC(=O)[C@H](CC(C)C)NC(=O)CNC(=O)[C@H](CCC(N)=O)NC(=O)[C@@H]3CCCN3C(=O)CNC(=O)[C@@H](N)CCCCN)C(=O)N[C@@H](C)C(=O)O)c(=O)oc2c1. The van der Waals surface area contributed by atoms with Crippen LogP contribution in [0.1, 0.15) is 129 Å². The van der Waals surface area contributed by atoms with Gasteiger partial charge in [0, 0.05) is 31.0 Å². The molecule has 17 N–H and O–H groups in total. The Balaban J connectivity index is 1.58. The maximum Gasteiger partial charge on any atom is 0.349 e. The number of nitrogens with zero attached hydrogens (tertiary/aromatic N) is 1. The minimum Gasteiger partial charge on any atom is -0.497 e. The Morgan fingerprint density at radius 3 is 1.84 bits per heavy atom. The van der Waals surface area contributed by atoms with Gasteiger partial charge in [-0.25, -0.2) is 4.79 Å². The molecule has 0 unspecified atom stereocenters. The number of nitrogens with two attached hydrogens (primary N) is 3. The Labute approximate surface area is 509 Å². The molecule has 1 fully saturated rings. The number of carboxylic acids is 1. The summed E-state index contributed by atoms with van der Waals surface area (Å²) < 4.78 is 10.4. The van der Waals surface area contributed by atoms with Crippen molar-refractivity contribution in [3.63, 3.8) is 0 Å². The number of benzene rings is 1. The first-order valence-corrected chi connectivity index (χ1v) is 29.3. The summed E-state index contributed by atoms with van der Waals surface area (Å²) in [4.78, 5) is 183. The number of amides is 12. The van der Waals surface area contributed by atoms with Crippen LogP contribution in [0.4, 0.5) is 0 Å². The standard InChI is InChI=1S/C57H88N14O17/c1-30(2)23-40(52(80)63-27-45(73)65-32(5)48(76)68-38(53(81)66-33(6)56(84)85)14-9-11-21-61-49(77)36-25-34-16-17-35(87-7)26-43(34)88-57(36)86)70-54(82)41(24-31(3)4)67-46(74)28-62-51(79)39(18-19-44(60)72)69-55(83)42-15-12-22-71(42)47(75)29-64-50(78)37(59)13-8-10-20-58/h16-17,25-26,30-33,37-42H,8-15,18-24,27-29,58-59H2,1-7H3,(H2,60,72)(H,61,77)(H,62,79)(H,63,80)(H,64,78)(H,65,73)(H,66,81)(H,67,74)(H,68,76)(H,69,83)(H,70,82)(H,84,85)/t32-,33-,37-,38-,39-,40-,41-,42-/m0/s1. The van der Waals surface area contributed by atoms with Gasteiger partial charge in [0.15, 0.2) is 0 Å². The molecule has 1 aromatic heterocycles. The highest BCUT2D eigenvalue weighted by atomic mass is 16.5. The Kier molecular flexibility index (Phi) is 31.0. The highest BCUT2D eigenvalue weighted by Crippen LogP contribution is 2.21. The fraction of sp³-hybridized carbons (Fsp3) is 0.614. The summed E-state index contributed by atoms with van der Waals surface area (Å²) in [5.74, 6) is -10.5. The quantitative estimate of drug-likeness (QED) is 0.0234. The summed E-state index contributed by atoms with van der Waals surface area (Å²) in [6.07, 6.45) is 2.22. The molecule has 3 rings (SSSR count). The Morgan fingerprint density at radius 2 is 1.23 bits per heavy atom. The predicted octanol–water partition coefficient (Wildman–Crippen LogP) is -3.11. The number of aliphatic carboxylic acids is 1. The van der Waals surface area contributed by atoms with Crippen molar-refractivity contribution in [3.05, 3.63) is 40.2 Å². The van der Waals surface area contributed by atoms with Gasteiger partial charge in [-0.05, 0) is 115 Å². The zero-order valence-electron chi connectivity index (χ0n) is 51.0. The number of likely N-dealkylation sites (tertiary alicyclic amines) is 1. The van der Waals surface area contributed by atoms with Gasteiger partial charge in [0.05, 0.1) is 32.8 Å². The van der Waals surface area contributed by atoms with Crippen molar-refractivity contribution in [3.8, 4) is 5.75 Å². The minimum atomic E-state index is -1.40. The smallest absolute Gasteiger partial charge is 0.349 e. The number of rotatable bonds is 38. The fourth-order valence-corrected chi connectivity index (χ4v) is 9.15. The number of carbonyl (C=O) groups is 13. The number of unbranched alkanes of at least 4 members (excludes halogenated alkanes) is 2. The second-order valence-electron chi connectivity index (χ2n) is 22.3. The van der Waals surface area contributed by atoms with E-state index in [-0.39, 0.29) is 87.4 Å². The number of carboxylic acid groups (broad SMARTS) is 1. The summed E-state index contributed by atoms with van der Waals surface area (Å²) in [5.41, 5.74) is 15.9. The van der Waals surface area contributed by atoms with E-state index in [4.69, 9.17) is 26.4 Å². The van der Waals surface area contributed by atoms with Crippen molar-refractivity contribution in [2.24, 2.45) is 29.0 Å². The summed E-state index contributed by atoms with van der Waals surface area (Å²) >= 11 is 0. The van der Waals surface area contributed by atoms with Crippen molar-refractivity contribution >= 4 is 87.8 Å². The number of hydrogen-bond acceptors (Lipinski definition) is 18. The number of primary amides is 1. The zero-order chi connectivity index (χ0) is 65.8. The van der Waals surface area contributed by atoms with Crippen LogP contribution in [0.3, 0.4) is 0 Å². The largest absolute Gasteiger partial charge is 0.497 e. The number of nitrogens with one attached hydrogen (secondary N) is 10. The molecular weight excluding hydrogens is 1150 g/mol. The Hall–Kier alpha value is -8.74. The molecule has 0 spiro atoms. The van der Waals surface area contributed by atoms with Crippen LogP contribution in [0.5, 0.6) is 5.75 Å². The Bertz CT molecular complexity index is 2860. The van der Waals surface area contributed by atoms with Crippen molar-refractivity contribution < 1.29 is 76.6 Å². The highest BCUT2D eigenvalue weighted by molar-refractivity contribution is 5.99. The van der Waals surface area contributed by atoms with Gasteiger partial charge in [0.25, 0.3) is 5.91 Å². The van der Waals surface area contributed by atoms with Crippen LogP contribution in [-0.2, 0) is 57.5 Å². The van der Waals surface area contributed by atoms with Crippen LogP contribution in [-0.4, -0.2) is 182 Å². The van der Waals surface area contributed by atoms with Gasteiger partial charge >= 0.3 is 11.6 Å². The van der Waals surface area contributed by atoms with Gasteiger partial charge in [-0.1, -0.05) is 34.1 Å². The first-order chi connectivity index (χ1) is 41.5. The van der Waals surface area contributed by atoms with E-state index in [0.29, 0.717) is 43.4 Å². The third kappa shape index (κ3) is 25.3. The number of fused-ring (bicyclic) bond motifs is 1. The lowest BCUT2D eigenvalue weighted by atomic mass is 10.00. The molecule has 88 heavy (non-hydrogen) atoms. The molecule has 1 aliphatic rings. The van der Waals surface area contributed by atoms with Crippen LogP contribution in [0.15, 0.2) is 33.5 Å². The predicted molar refractivity (Wildman–Crippen MR) is 318 cm³/mol.